The first-order chi connectivity index (χ1) is 13.0. The van der Waals surface area contributed by atoms with Crippen LogP contribution in [0, 0.1) is 17.1 Å². The van der Waals surface area contributed by atoms with Crippen molar-refractivity contribution < 1.29 is 23.5 Å². The Hall–Kier alpha value is -3.99. The number of amides is 2. The molecule has 2 aromatic rings. The van der Waals surface area contributed by atoms with Crippen molar-refractivity contribution in [3.05, 3.63) is 77.1 Å². The summed E-state index contributed by atoms with van der Waals surface area (Å²) in [6.07, 6.45) is 2.58. The van der Waals surface area contributed by atoms with Gasteiger partial charge in [-0.15, -0.1) is 0 Å². The Bertz CT molecular complexity index is 917. The number of benzene rings is 2. The second-order valence-electron chi connectivity index (χ2n) is 5.16. The Balaban J connectivity index is 1.75. The van der Waals surface area contributed by atoms with E-state index in [2.05, 4.69) is 0 Å². The normalized spacial score (nSPS) is 10.1. The van der Waals surface area contributed by atoms with Crippen molar-refractivity contribution in [1.82, 2.24) is 10.9 Å². The van der Waals surface area contributed by atoms with Gasteiger partial charge in [0.25, 0.3) is 11.8 Å². The monoisotopic (exact) mass is 367 g/mol. The van der Waals surface area contributed by atoms with Gasteiger partial charge in [-0.05, 0) is 35.9 Å². The third-order valence-corrected chi connectivity index (χ3v) is 3.23. The lowest BCUT2D eigenvalue weighted by atomic mass is 10.1. The molecule has 27 heavy (non-hydrogen) atoms. The van der Waals surface area contributed by atoms with E-state index in [1.165, 1.54) is 24.3 Å². The van der Waals surface area contributed by atoms with Crippen molar-refractivity contribution >= 4 is 23.9 Å². The minimum Gasteiger partial charge on any atom is -0.452 e. The van der Waals surface area contributed by atoms with Gasteiger partial charge >= 0.3 is 5.97 Å². The minimum atomic E-state index is -0.839. The maximum absolute atomic E-state index is 13.4. The number of carbonyl (C=O) groups excluding carboxylic acids is 3. The molecule has 0 aromatic heterocycles. The molecule has 0 heterocycles. The van der Waals surface area contributed by atoms with Crippen LogP contribution in [0.3, 0.4) is 0 Å². The SMILES string of the molecule is N#Cc1ccc(/C=C/C(=O)OCC(=O)NNC(=O)c2ccccc2F)cc1. The van der Waals surface area contributed by atoms with E-state index in [9.17, 15) is 18.8 Å². The molecule has 0 saturated carbocycles. The summed E-state index contributed by atoms with van der Waals surface area (Å²) >= 11 is 0. The highest BCUT2D eigenvalue weighted by atomic mass is 19.1. The largest absolute Gasteiger partial charge is 0.452 e. The van der Waals surface area contributed by atoms with Crippen molar-refractivity contribution in [1.29, 1.82) is 5.26 Å². The van der Waals surface area contributed by atoms with Crippen LogP contribution in [0.25, 0.3) is 6.08 Å². The molecule has 0 aliphatic heterocycles. The fourth-order valence-electron chi connectivity index (χ4n) is 1.89. The van der Waals surface area contributed by atoms with Crippen LogP contribution in [0.15, 0.2) is 54.6 Å². The van der Waals surface area contributed by atoms with Crippen LogP contribution in [0.4, 0.5) is 4.39 Å². The van der Waals surface area contributed by atoms with Crippen LogP contribution >= 0.6 is 0 Å². The number of hydrogen-bond acceptors (Lipinski definition) is 5. The summed E-state index contributed by atoms with van der Waals surface area (Å²) in [6.45, 7) is -0.631. The van der Waals surface area contributed by atoms with Gasteiger partial charge < -0.3 is 4.74 Å². The second-order valence-corrected chi connectivity index (χ2v) is 5.16. The summed E-state index contributed by atoms with van der Waals surface area (Å²) in [5.41, 5.74) is 4.96. The van der Waals surface area contributed by atoms with Crippen LogP contribution in [-0.4, -0.2) is 24.4 Å². The first-order valence-electron chi connectivity index (χ1n) is 7.68. The maximum atomic E-state index is 13.4. The van der Waals surface area contributed by atoms with E-state index in [4.69, 9.17) is 10.00 Å². The Morgan fingerprint density at radius 2 is 1.78 bits per heavy atom. The third-order valence-electron chi connectivity index (χ3n) is 3.23. The van der Waals surface area contributed by atoms with E-state index < -0.39 is 30.2 Å². The van der Waals surface area contributed by atoms with Gasteiger partial charge in [-0.3, -0.25) is 20.4 Å². The summed E-state index contributed by atoms with van der Waals surface area (Å²) in [7, 11) is 0. The van der Waals surface area contributed by atoms with Crippen molar-refractivity contribution in [2.24, 2.45) is 0 Å². The zero-order chi connectivity index (χ0) is 19.6. The smallest absolute Gasteiger partial charge is 0.331 e. The van der Waals surface area contributed by atoms with E-state index >= 15 is 0 Å². The lowest BCUT2D eigenvalue weighted by Crippen LogP contribution is -2.43. The molecule has 2 amide bonds. The van der Waals surface area contributed by atoms with Gasteiger partial charge in [0.1, 0.15) is 5.82 Å². The molecule has 0 unspecified atom stereocenters. The number of esters is 1. The summed E-state index contributed by atoms with van der Waals surface area (Å²) in [5.74, 6) is -3.13. The molecule has 0 fully saturated rings. The average Bonchev–Trinajstić information content (AvgIpc) is 2.69. The van der Waals surface area contributed by atoms with Crippen LogP contribution < -0.4 is 10.9 Å². The van der Waals surface area contributed by atoms with Gasteiger partial charge in [-0.25, -0.2) is 9.18 Å². The first kappa shape index (κ1) is 19.3. The minimum absolute atomic E-state index is 0.236. The highest BCUT2D eigenvalue weighted by molar-refractivity contribution is 5.96. The number of nitrogens with zero attached hydrogens (tertiary/aromatic N) is 1. The predicted octanol–water partition coefficient (Wildman–Crippen LogP) is 1.71. The molecule has 136 valence electrons. The quantitative estimate of drug-likeness (QED) is 0.475. The molecule has 0 spiro atoms. The van der Waals surface area contributed by atoms with Gasteiger partial charge in [0, 0.05) is 6.08 Å². The standard InChI is InChI=1S/C19H14FN3O4/c20-16-4-2-1-3-15(16)19(26)23-22-17(24)12-27-18(25)10-9-13-5-7-14(11-21)8-6-13/h1-10H,12H2,(H,22,24)(H,23,26)/b10-9+. The molecular weight excluding hydrogens is 353 g/mol. The molecule has 2 N–H and O–H groups in total. The number of rotatable bonds is 5. The Kier molecular flexibility index (Phi) is 6.79. The molecular formula is C19H14FN3O4. The Morgan fingerprint density at radius 3 is 2.44 bits per heavy atom. The Labute approximate surface area is 154 Å². The Morgan fingerprint density at radius 1 is 1.07 bits per heavy atom. The van der Waals surface area contributed by atoms with Crippen LogP contribution in [-0.2, 0) is 14.3 Å². The lowest BCUT2D eigenvalue weighted by Gasteiger charge is -2.07. The van der Waals surface area contributed by atoms with Gasteiger partial charge in [0.15, 0.2) is 6.61 Å². The molecule has 0 atom stereocenters. The number of ether oxygens (including phenoxy) is 1. The molecule has 7 nitrogen and oxygen atoms in total. The molecule has 0 bridgehead atoms. The number of carbonyl (C=O) groups is 3. The maximum Gasteiger partial charge on any atom is 0.331 e. The summed E-state index contributed by atoms with van der Waals surface area (Å²) < 4.78 is 18.1. The highest BCUT2D eigenvalue weighted by Gasteiger charge is 2.12. The average molecular weight is 367 g/mol. The van der Waals surface area contributed by atoms with E-state index in [1.54, 1.807) is 24.3 Å². The van der Waals surface area contributed by atoms with Gasteiger partial charge in [0.2, 0.25) is 0 Å². The molecule has 0 aliphatic rings. The van der Waals surface area contributed by atoms with Gasteiger partial charge in [-0.1, -0.05) is 24.3 Å². The van der Waals surface area contributed by atoms with Gasteiger partial charge in [-0.2, -0.15) is 5.26 Å². The fourth-order valence-corrected chi connectivity index (χ4v) is 1.89. The molecule has 8 heteroatoms. The summed E-state index contributed by atoms with van der Waals surface area (Å²) in [6, 6.07) is 13.7. The van der Waals surface area contributed by atoms with Crippen LogP contribution in [0.2, 0.25) is 0 Å². The van der Waals surface area contributed by atoms with Crippen molar-refractivity contribution in [3.8, 4) is 6.07 Å². The van der Waals surface area contributed by atoms with Crippen LogP contribution in [0.5, 0.6) is 0 Å². The summed E-state index contributed by atoms with van der Waals surface area (Å²) in [4.78, 5) is 34.8. The zero-order valence-electron chi connectivity index (χ0n) is 13.9. The highest BCUT2D eigenvalue weighted by Crippen LogP contribution is 2.06. The molecule has 0 aliphatic carbocycles. The molecule has 2 rings (SSSR count). The number of nitriles is 1. The third kappa shape index (κ3) is 6.10. The number of halogens is 1. The molecule has 0 radical (unpaired) electrons. The van der Waals surface area contributed by atoms with Crippen molar-refractivity contribution in [2.45, 2.75) is 0 Å². The van der Waals surface area contributed by atoms with Crippen molar-refractivity contribution in [3.63, 3.8) is 0 Å². The lowest BCUT2D eigenvalue weighted by molar-refractivity contribution is -0.144. The van der Waals surface area contributed by atoms with Gasteiger partial charge in [0.05, 0.1) is 17.2 Å². The number of hydrogen-bond donors (Lipinski definition) is 2. The van der Waals surface area contributed by atoms with Crippen LogP contribution in [0.1, 0.15) is 21.5 Å². The second kappa shape index (κ2) is 9.48. The number of hydrazine groups is 1. The zero-order valence-corrected chi connectivity index (χ0v) is 13.9. The van der Waals surface area contributed by atoms with E-state index in [0.717, 1.165) is 12.1 Å². The summed E-state index contributed by atoms with van der Waals surface area (Å²) in [5, 5.41) is 8.70. The number of nitrogens with one attached hydrogen (secondary N) is 2. The predicted molar refractivity (Wildman–Crippen MR) is 93.2 cm³/mol. The van der Waals surface area contributed by atoms with Crippen molar-refractivity contribution in [2.75, 3.05) is 6.61 Å². The van der Waals surface area contributed by atoms with E-state index in [0.29, 0.717) is 11.1 Å². The molecule has 2 aromatic carbocycles. The fraction of sp³-hybridized carbons (Fsp3) is 0.0526. The van der Waals surface area contributed by atoms with E-state index in [-0.39, 0.29) is 5.56 Å². The molecule has 0 saturated heterocycles. The first-order valence-corrected chi connectivity index (χ1v) is 7.68. The van der Waals surface area contributed by atoms with E-state index in [1.807, 2.05) is 16.9 Å². The topological polar surface area (TPSA) is 108 Å².